The third kappa shape index (κ3) is 2.41. The van der Waals surface area contributed by atoms with Gasteiger partial charge in [0.15, 0.2) is 5.76 Å². The quantitative estimate of drug-likeness (QED) is 0.863. The highest BCUT2D eigenvalue weighted by molar-refractivity contribution is 9.10. The SMILES string of the molecule is CCN1CC(C(=O)N[C@@H]2CCc3c(Br)cccc32)=C(O)C1=O. The number of nitrogens with one attached hydrogen (secondary N) is 1. The monoisotopic (exact) mass is 364 g/mol. The minimum atomic E-state index is -0.470. The van der Waals surface area contributed by atoms with Crippen LogP contribution in [0.25, 0.3) is 0 Å². The first-order valence-electron chi connectivity index (χ1n) is 7.32. The summed E-state index contributed by atoms with van der Waals surface area (Å²) in [5.74, 6) is -1.26. The van der Waals surface area contributed by atoms with Crippen molar-refractivity contribution in [3.8, 4) is 0 Å². The fraction of sp³-hybridized carbons (Fsp3) is 0.375. The Morgan fingerprint density at radius 1 is 1.50 bits per heavy atom. The van der Waals surface area contributed by atoms with E-state index in [1.807, 2.05) is 25.1 Å². The van der Waals surface area contributed by atoms with Gasteiger partial charge >= 0.3 is 0 Å². The van der Waals surface area contributed by atoms with Gasteiger partial charge in [-0.25, -0.2) is 0 Å². The van der Waals surface area contributed by atoms with Crippen molar-refractivity contribution >= 4 is 27.7 Å². The Morgan fingerprint density at radius 3 is 2.95 bits per heavy atom. The van der Waals surface area contributed by atoms with E-state index < -0.39 is 11.7 Å². The number of rotatable bonds is 3. The smallest absolute Gasteiger partial charge is 0.289 e. The van der Waals surface area contributed by atoms with Crippen LogP contribution >= 0.6 is 15.9 Å². The molecule has 0 saturated carbocycles. The summed E-state index contributed by atoms with van der Waals surface area (Å²) in [6, 6.07) is 5.87. The molecule has 0 bridgehead atoms. The fourth-order valence-corrected chi connectivity index (χ4v) is 3.64. The van der Waals surface area contributed by atoms with Crippen molar-refractivity contribution in [3.05, 3.63) is 45.1 Å². The maximum Gasteiger partial charge on any atom is 0.289 e. The van der Waals surface area contributed by atoms with Crippen LogP contribution in [0.4, 0.5) is 0 Å². The Labute approximate surface area is 137 Å². The highest BCUT2D eigenvalue weighted by Gasteiger charge is 2.34. The maximum atomic E-state index is 12.4. The number of hydrogen-bond acceptors (Lipinski definition) is 3. The summed E-state index contributed by atoms with van der Waals surface area (Å²) in [6.45, 7) is 2.46. The van der Waals surface area contributed by atoms with E-state index in [9.17, 15) is 14.7 Å². The molecule has 0 fully saturated rings. The molecule has 2 aliphatic rings. The molecule has 5 nitrogen and oxygen atoms in total. The van der Waals surface area contributed by atoms with Crippen LogP contribution in [0.1, 0.15) is 30.5 Å². The van der Waals surface area contributed by atoms with Crippen LogP contribution in [0, 0.1) is 0 Å². The summed E-state index contributed by atoms with van der Waals surface area (Å²) < 4.78 is 1.05. The lowest BCUT2D eigenvalue weighted by molar-refractivity contribution is -0.127. The van der Waals surface area contributed by atoms with Gasteiger partial charge in [0.25, 0.3) is 11.8 Å². The van der Waals surface area contributed by atoms with E-state index >= 15 is 0 Å². The fourth-order valence-electron chi connectivity index (χ4n) is 3.06. The summed E-state index contributed by atoms with van der Waals surface area (Å²) in [7, 11) is 0. The molecule has 116 valence electrons. The lowest BCUT2D eigenvalue weighted by Crippen LogP contribution is -2.31. The Morgan fingerprint density at radius 2 is 2.27 bits per heavy atom. The van der Waals surface area contributed by atoms with E-state index in [1.165, 1.54) is 10.5 Å². The first kappa shape index (κ1) is 15.1. The Kier molecular flexibility index (Phi) is 3.95. The molecule has 1 atom stereocenters. The van der Waals surface area contributed by atoms with E-state index in [2.05, 4.69) is 21.2 Å². The lowest BCUT2D eigenvalue weighted by Gasteiger charge is -2.16. The van der Waals surface area contributed by atoms with Gasteiger partial charge < -0.3 is 15.3 Å². The zero-order valence-electron chi connectivity index (χ0n) is 12.2. The van der Waals surface area contributed by atoms with Gasteiger partial charge in [0.2, 0.25) is 0 Å². The van der Waals surface area contributed by atoms with Gasteiger partial charge in [-0.15, -0.1) is 0 Å². The maximum absolute atomic E-state index is 12.4. The topological polar surface area (TPSA) is 69.6 Å². The number of likely N-dealkylation sites (N-methyl/N-ethyl adjacent to an activating group) is 1. The Bertz CT molecular complexity index is 684. The summed E-state index contributed by atoms with van der Waals surface area (Å²) in [4.78, 5) is 25.6. The first-order valence-corrected chi connectivity index (χ1v) is 8.11. The molecular formula is C16H17BrN2O3. The normalized spacial score (nSPS) is 20.5. The average Bonchev–Trinajstić information content (AvgIpc) is 3.03. The third-order valence-electron chi connectivity index (χ3n) is 4.30. The van der Waals surface area contributed by atoms with Crippen LogP contribution in [0.5, 0.6) is 0 Å². The van der Waals surface area contributed by atoms with Gasteiger partial charge in [-0.3, -0.25) is 9.59 Å². The Hall–Kier alpha value is -1.82. The van der Waals surface area contributed by atoms with Gasteiger partial charge in [0.05, 0.1) is 18.2 Å². The molecule has 1 aromatic carbocycles. The second kappa shape index (κ2) is 5.76. The molecule has 1 aromatic rings. The summed E-state index contributed by atoms with van der Waals surface area (Å²) in [6.07, 6.45) is 1.72. The zero-order chi connectivity index (χ0) is 15.9. The molecule has 0 radical (unpaired) electrons. The predicted molar refractivity (Wildman–Crippen MR) is 85.3 cm³/mol. The number of aliphatic hydroxyl groups excluding tert-OH is 1. The highest BCUT2D eigenvalue weighted by atomic mass is 79.9. The minimum Gasteiger partial charge on any atom is -0.503 e. The zero-order valence-corrected chi connectivity index (χ0v) is 13.8. The van der Waals surface area contributed by atoms with Crippen LogP contribution < -0.4 is 5.32 Å². The number of nitrogens with zero attached hydrogens (tertiary/aromatic N) is 1. The van der Waals surface area contributed by atoms with Crippen LogP contribution in [-0.2, 0) is 16.0 Å². The molecule has 0 saturated heterocycles. The van der Waals surface area contributed by atoms with Crippen LogP contribution in [0.15, 0.2) is 34.0 Å². The summed E-state index contributed by atoms with van der Waals surface area (Å²) >= 11 is 3.53. The number of hydrogen-bond donors (Lipinski definition) is 2. The van der Waals surface area contributed by atoms with Gasteiger partial charge in [-0.05, 0) is 37.0 Å². The van der Waals surface area contributed by atoms with Crippen LogP contribution in [-0.4, -0.2) is 34.9 Å². The number of benzene rings is 1. The lowest BCUT2D eigenvalue weighted by atomic mass is 10.1. The molecule has 0 spiro atoms. The molecule has 3 rings (SSSR count). The van der Waals surface area contributed by atoms with Crippen LogP contribution in [0.3, 0.4) is 0 Å². The van der Waals surface area contributed by atoms with Crippen molar-refractivity contribution in [2.75, 3.05) is 13.1 Å². The standard InChI is InChI=1S/C16H17BrN2O3/c1-2-19-8-11(14(20)16(19)22)15(21)18-13-7-6-9-10(13)4-3-5-12(9)17/h3-5,13,20H,2,6-8H2,1H3,(H,18,21)/t13-/m1/s1. The Balaban J connectivity index is 1.78. The van der Waals surface area contributed by atoms with E-state index in [4.69, 9.17) is 0 Å². The largest absolute Gasteiger partial charge is 0.503 e. The van der Waals surface area contributed by atoms with Crippen LogP contribution in [0.2, 0.25) is 0 Å². The molecule has 1 aliphatic carbocycles. The molecular weight excluding hydrogens is 348 g/mol. The van der Waals surface area contributed by atoms with Gasteiger partial charge in [0, 0.05) is 11.0 Å². The second-order valence-corrected chi connectivity index (χ2v) is 6.37. The number of amides is 2. The van der Waals surface area contributed by atoms with E-state index in [1.54, 1.807) is 0 Å². The van der Waals surface area contributed by atoms with E-state index in [0.717, 1.165) is 22.9 Å². The molecule has 2 amide bonds. The summed E-state index contributed by atoms with van der Waals surface area (Å²) in [5, 5.41) is 12.8. The average molecular weight is 365 g/mol. The molecule has 1 heterocycles. The van der Waals surface area contributed by atoms with Crippen molar-refractivity contribution in [2.45, 2.75) is 25.8 Å². The minimum absolute atomic E-state index is 0.0777. The van der Waals surface area contributed by atoms with E-state index in [-0.39, 0.29) is 24.1 Å². The molecule has 22 heavy (non-hydrogen) atoms. The van der Waals surface area contributed by atoms with Crippen molar-refractivity contribution in [2.24, 2.45) is 0 Å². The van der Waals surface area contributed by atoms with Crippen molar-refractivity contribution in [1.82, 2.24) is 10.2 Å². The number of carbonyl (C=O) groups is 2. The number of halogens is 1. The molecule has 1 aliphatic heterocycles. The predicted octanol–water partition coefficient (Wildman–Crippen LogP) is 2.23. The van der Waals surface area contributed by atoms with Gasteiger partial charge in [-0.1, -0.05) is 28.1 Å². The van der Waals surface area contributed by atoms with Crippen molar-refractivity contribution < 1.29 is 14.7 Å². The van der Waals surface area contributed by atoms with Crippen molar-refractivity contribution in [1.29, 1.82) is 0 Å². The highest BCUT2D eigenvalue weighted by Crippen LogP contribution is 2.35. The second-order valence-electron chi connectivity index (χ2n) is 5.52. The molecule has 2 N–H and O–H groups in total. The van der Waals surface area contributed by atoms with Crippen molar-refractivity contribution in [3.63, 3.8) is 0 Å². The first-order chi connectivity index (χ1) is 10.5. The van der Waals surface area contributed by atoms with Gasteiger partial charge in [0.1, 0.15) is 0 Å². The molecule has 0 aromatic heterocycles. The number of carbonyl (C=O) groups excluding carboxylic acids is 2. The summed E-state index contributed by atoms with van der Waals surface area (Å²) in [5.41, 5.74) is 2.47. The molecule has 6 heteroatoms. The van der Waals surface area contributed by atoms with E-state index in [0.29, 0.717) is 6.54 Å². The van der Waals surface area contributed by atoms with Gasteiger partial charge in [-0.2, -0.15) is 0 Å². The number of aliphatic hydroxyl groups is 1. The third-order valence-corrected chi connectivity index (χ3v) is 5.04. The number of fused-ring (bicyclic) bond motifs is 1. The molecule has 0 unspecified atom stereocenters.